The minimum absolute atomic E-state index is 0.310. The van der Waals surface area contributed by atoms with Crippen LogP contribution < -0.4 is 0 Å². The molecule has 2 nitrogen and oxygen atoms in total. The lowest BCUT2D eigenvalue weighted by molar-refractivity contribution is -0.144. The Labute approximate surface area is 142 Å². The average Bonchev–Trinajstić information content (AvgIpc) is 3.01. The van der Waals surface area contributed by atoms with Crippen LogP contribution in [0.3, 0.4) is 0 Å². The standard InChI is InChI=1S/C18H15F3N2S/c1-11-5-3-4-6-14(11)16-15(22-17(23-16)18(19,20)21)12-7-9-13(24-2)10-8-12/h3-10H,1-2H3,(H,22,23). The second-order valence-electron chi connectivity index (χ2n) is 5.35. The lowest BCUT2D eigenvalue weighted by atomic mass is 10.0. The Balaban J connectivity index is 2.20. The monoisotopic (exact) mass is 348 g/mol. The Bertz CT molecular complexity index is 851. The van der Waals surface area contributed by atoms with Crippen molar-refractivity contribution >= 4 is 11.8 Å². The number of H-pyrrole nitrogens is 1. The first-order valence-electron chi connectivity index (χ1n) is 7.28. The first-order valence-corrected chi connectivity index (χ1v) is 8.50. The van der Waals surface area contributed by atoms with Gasteiger partial charge in [0.15, 0.2) is 0 Å². The highest BCUT2D eigenvalue weighted by atomic mass is 32.2. The van der Waals surface area contributed by atoms with E-state index in [4.69, 9.17) is 0 Å². The molecule has 0 aliphatic carbocycles. The van der Waals surface area contributed by atoms with Gasteiger partial charge in [-0.2, -0.15) is 13.2 Å². The van der Waals surface area contributed by atoms with E-state index in [1.54, 1.807) is 36.0 Å². The molecule has 0 amide bonds. The zero-order valence-corrected chi connectivity index (χ0v) is 13.9. The summed E-state index contributed by atoms with van der Waals surface area (Å²) in [7, 11) is 0. The number of benzene rings is 2. The maximum absolute atomic E-state index is 13.1. The highest BCUT2D eigenvalue weighted by molar-refractivity contribution is 7.98. The molecule has 0 bridgehead atoms. The fourth-order valence-corrected chi connectivity index (χ4v) is 2.92. The lowest BCUT2D eigenvalue weighted by Gasteiger charge is -2.07. The van der Waals surface area contributed by atoms with Gasteiger partial charge in [-0.15, -0.1) is 11.8 Å². The zero-order valence-electron chi connectivity index (χ0n) is 13.1. The molecule has 0 spiro atoms. The molecule has 0 saturated carbocycles. The summed E-state index contributed by atoms with van der Waals surface area (Å²) < 4.78 is 39.4. The number of thioether (sulfide) groups is 1. The summed E-state index contributed by atoms with van der Waals surface area (Å²) in [5.41, 5.74) is 2.95. The molecular weight excluding hydrogens is 333 g/mol. The van der Waals surface area contributed by atoms with E-state index in [9.17, 15) is 13.2 Å². The number of alkyl halides is 3. The van der Waals surface area contributed by atoms with Crippen LogP contribution in [0.25, 0.3) is 22.5 Å². The van der Waals surface area contributed by atoms with Crippen LogP contribution in [0.4, 0.5) is 13.2 Å². The van der Waals surface area contributed by atoms with Gasteiger partial charge in [0.2, 0.25) is 5.82 Å². The predicted octanol–water partition coefficient (Wildman–Crippen LogP) is 5.79. The van der Waals surface area contributed by atoms with Gasteiger partial charge in [-0.25, -0.2) is 4.98 Å². The third-order valence-electron chi connectivity index (χ3n) is 3.75. The number of imidazole rings is 1. The Morgan fingerprint density at radius 1 is 1.00 bits per heavy atom. The number of nitrogens with zero attached hydrogens (tertiary/aromatic N) is 1. The number of nitrogens with one attached hydrogen (secondary N) is 1. The van der Waals surface area contributed by atoms with E-state index in [0.717, 1.165) is 10.5 Å². The third-order valence-corrected chi connectivity index (χ3v) is 4.49. The molecule has 1 aromatic heterocycles. The van der Waals surface area contributed by atoms with Gasteiger partial charge in [-0.3, -0.25) is 0 Å². The molecule has 1 heterocycles. The molecule has 0 aliphatic heterocycles. The second-order valence-corrected chi connectivity index (χ2v) is 6.23. The maximum Gasteiger partial charge on any atom is 0.449 e. The fraction of sp³-hybridized carbons (Fsp3) is 0.167. The number of aryl methyl sites for hydroxylation is 1. The molecule has 124 valence electrons. The van der Waals surface area contributed by atoms with Crippen LogP contribution in [0.2, 0.25) is 0 Å². The van der Waals surface area contributed by atoms with E-state index in [1.165, 1.54) is 0 Å². The summed E-state index contributed by atoms with van der Waals surface area (Å²) in [6.07, 6.45) is -2.57. The van der Waals surface area contributed by atoms with Crippen molar-refractivity contribution in [3.05, 3.63) is 59.9 Å². The molecule has 0 aliphatic rings. The predicted molar refractivity (Wildman–Crippen MR) is 91.0 cm³/mol. The van der Waals surface area contributed by atoms with Crippen molar-refractivity contribution in [1.29, 1.82) is 0 Å². The molecule has 0 atom stereocenters. The van der Waals surface area contributed by atoms with Crippen LogP contribution >= 0.6 is 11.8 Å². The Morgan fingerprint density at radius 2 is 1.67 bits per heavy atom. The van der Waals surface area contributed by atoms with Gasteiger partial charge >= 0.3 is 6.18 Å². The van der Waals surface area contributed by atoms with Crippen molar-refractivity contribution in [3.8, 4) is 22.5 Å². The average molecular weight is 348 g/mol. The minimum Gasteiger partial charge on any atom is -0.334 e. The molecule has 3 aromatic rings. The Kier molecular flexibility index (Phi) is 4.41. The van der Waals surface area contributed by atoms with E-state index in [0.29, 0.717) is 22.5 Å². The van der Waals surface area contributed by atoms with E-state index >= 15 is 0 Å². The molecular formula is C18H15F3N2S. The molecule has 1 N–H and O–H groups in total. The molecule has 0 unspecified atom stereocenters. The van der Waals surface area contributed by atoms with E-state index in [2.05, 4.69) is 9.97 Å². The summed E-state index contributed by atoms with van der Waals surface area (Å²) in [5, 5.41) is 0. The highest BCUT2D eigenvalue weighted by Crippen LogP contribution is 2.37. The van der Waals surface area contributed by atoms with Gasteiger partial charge in [0, 0.05) is 16.0 Å². The first-order chi connectivity index (χ1) is 11.4. The summed E-state index contributed by atoms with van der Waals surface area (Å²) >= 11 is 1.58. The van der Waals surface area contributed by atoms with E-state index in [-0.39, 0.29) is 0 Å². The van der Waals surface area contributed by atoms with Crippen molar-refractivity contribution in [2.45, 2.75) is 18.0 Å². The molecule has 2 aromatic carbocycles. The van der Waals surface area contributed by atoms with Crippen molar-refractivity contribution in [1.82, 2.24) is 9.97 Å². The lowest BCUT2D eigenvalue weighted by Crippen LogP contribution is -2.07. The van der Waals surface area contributed by atoms with Crippen molar-refractivity contribution in [3.63, 3.8) is 0 Å². The normalized spacial score (nSPS) is 11.7. The fourth-order valence-electron chi connectivity index (χ4n) is 2.51. The number of rotatable bonds is 3. The number of hydrogen-bond acceptors (Lipinski definition) is 2. The third kappa shape index (κ3) is 3.19. The number of aromatic nitrogens is 2. The quantitative estimate of drug-likeness (QED) is 0.607. The minimum atomic E-state index is -4.52. The smallest absolute Gasteiger partial charge is 0.334 e. The molecule has 0 saturated heterocycles. The van der Waals surface area contributed by atoms with Crippen LogP contribution in [-0.2, 0) is 6.18 Å². The van der Waals surface area contributed by atoms with Gasteiger partial charge in [-0.1, -0.05) is 36.4 Å². The summed E-state index contributed by atoms with van der Waals surface area (Å²) in [4.78, 5) is 7.35. The summed E-state index contributed by atoms with van der Waals surface area (Å²) in [5.74, 6) is -0.982. The summed E-state index contributed by atoms with van der Waals surface area (Å²) in [6, 6.07) is 14.7. The molecule has 0 radical (unpaired) electrons. The van der Waals surface area contributed by atoms with Gasteiger partial charge in [-0.05, 0) is 30.9 Å². The highest BCUT2D eigenvalue weighted by Gasteiger charge is 2.36. The molecule has 24 heavy (non-hydrogen) atoms. The van der Waals surface area contributed by atoms with Gasteiger partial charge in [0.25, 0.3) is 0 Å². The van der Waals surface area contributed by atoms with E-state index < -0.39 is 12.0 Å². The van der Waals surface area contributed by atoms with Crippen LogP contribution in [-0.4, -0.2) is 16.2 Å². The largest absolute Gasteiger partial charge is 0.449 e. The number of aromatic amines is 1. The molecule has 3 rings (SSSR count). The van der Waals surface area contributed by atoms with Gasteiger partial charge in [0.1, 0.15) is 0 Å². The van der Waals surface area contributed by atoms with Crippen molar-refractivity contribution < 1.29 is 13.2 Å². The van der Waals surface area contributed by atoms with Crippen LogP contribution in [0.15, 0.2) is 53.4 Å². The van der Waals surface area contributed by atoms with Crippen LogP contribution in [0.5, 0.6) is 0 Å². The Hall–Kier alpha value is -2.21. The maximum atomic E-state index is 13.1. The van der Waals surface area contributed by atoms with Crippen LogP contribution in [0, 0.1) is 6.92 Å². The van der Waals surface area contributed by atoms with Gasteiger partial charge in [0.05, 0.1) is 11.4 Å². The van der Waals surface area contributed by atoms with Gasteiger partial charge < -0.3 is 4.98 Å². The Morgan fingerprint density at radius 3 is 2.25 bits per heavy atom. The first kappa shape index (κ1) is 16.6. The molecule has 0 fully saturated rings. The zero-order chi connectivity index (χ0) is 17.3. The van der Waals surface area contributed by atoms with Crippen molar-refractivity contribution in [2.24, 2.45) is 0 Å². The number of hydrogen-bond donors (Lipinski definition) is 1. The summed E-state index contributed by atoms with van der Waals surface area (Å²) in [6.45, 7) is 1.87. The topological polar surface area (TPSA) is 28.7 Å². The number of halogens is 3. The molecule has 6 heteroatoms. The van der Waals surface area contributed by atoms with Crippen molar-refractivity contribution in [2.75, 3.05) is 6.26 Å². The SMILES string of the molecule is CSc1ccc(-c2nc(C(F)(F)F)[nH]c2-c2ccccc2C)cc1. The van der Waals surface area contributed by atoms with Crippen LogP contribution in [0.1, 0.15) is 11.4 Å². The van der Waals surface area contributed by atoms with E-state index in [1.807, 2.05) is 37.4 Å². The second kappa shape index (κ2) is 6.36.